The SMILES string of the molecule is CN(C(=O)O)c1nc(-c2ccco2)c(Br)s1. The summed E-state index contributed by atoms with van der Waals surface area (Å²) in [7, 11) is 1.44. The molecule has 0 fully saturated rings. The van der Waals surface area contributed by atoms with E-state index in [-0.39, 0.29) is 0 Å². The second-order valence-electron chi connectivity index (χ2n) is 2.94. The summed E-state index contributed by atoms with van der Waals surface area (Å²) >= 11 is 4.57. The fraction of sp³-hybridized carbons (Fsp3) is 0.111. The highest BCUT2D eigenvalue weighted by Crippen LogP contribution is 2.36. The molecule has 0 bridgehead atoms. The highest BCUT2D eigenvalue weighted by Gasteiger charge is 2.18. The Kier molecular flexibility index (Phi) is 2.97. The van der Waals surface area contributed by atoms with Gasteiger partial charge < -0.3 is 9.52 Å². The number of carboxylic acid groups (broad SMARTS) is 1. The lowest BCUT2D eigenvalue weighted by molar-refractivity contribution is 0.203. The number of thiazole rings is 1. The molecule has 5 nitrogen and oxygen atoms in total. The lowest BCUT2D eigenvalue weighted by Gasteiger charge is -2.06. The first-order valence-electron chi connectivity index (χ1n) is 4.26. The summed E-state index contributed by atoms with van der Waals surface area (Å²) in [6, 6.07) is 3.52. The van der Waals surface area contributed by atoms with E-state index in [0.717, 1.165) is 8.69 Å². The third-order valence-corrected chi connectivity index (χ3v) is 3.68. The van der Waals surface area contributed by atoms with Gasteiger partial charge in [0, 0.05) is 7.05 Å². The smallest absolute Gasteiger partial charge is 0.413 e. The van der Waals surface area contributed by atoms with E-state index in [0.29, 0.717) is 16.6 Å². The van der Waals surface area contributed by atoms with E-state index in [1.54, 1.807) is 18.4 Å². The van der Waals surface area contributed by atoms with Gasteiger partial charge in [0.2, 0.25) is 0 Å². The van der Waals surface area contributed by atoms with Crippen LogP contribution in [0.2, 0.25) is 0 Å². The first-order chi connectivity index (χ1) is 7.59. The summed E-state index contributed by atoms with van der Waals surface area (Å²) in [4.78, 5) is 16.0. The van der Waals surface area contributed by atoms with Crippen LogP contribution < -0.4 is 4.90 Å². The number of anilines is 1. The van der Waals surface area contributed by atoms with E-state index in [1.807, 2.05) is 0 Å². The van der Waals surface area contributed by atoms with E-state index in [4.69, 9.17) is 9.52 Å². The zero-order valence-corrected chi connectivity index (χ0v) is 10.6. The van der Waals surface area contributed by atoms with Crippen molar-refractivity contribution in [2.45, 2.75) is 0 Å². The highest BCUT2D eigenvalue weighted by molar-refractivity contribution is 9.11. The van der Waals surface area contributed by atoms with Crippen LogP contribution in [0.25, 0.3) is 11.5 Å². The molecule has 0 saturated heterocycles. The molecule has 0 aliphatic carbocycles. The average molecular weight is 303 g/mol. The molecule has 0 radical (unpaired) electrons. The largest absolute Gasteiger partial charge is 0.465 e. The minimum absolute atomic E-state index is 0.394. The minimum Gasteiger partial charge on any atom is -0.465 e. The molecule has 1 N–H and O–H groups in total. The van der Waals surface area contributed by atoms with Crippen molar-refractivity contribution in [1.82, 2.24) is 4.98 Å². The summed E-state index contributed by atoms with van der Waals surface area (Å²) < 4.78 is 5.94. The summed E-state index contributed by atoms with van der Waals surface area (Å²) in [5, 5.41) is 9.21. The predicted octanol–water partition coefficient (Wildman–Crippen LogP) is 3.28. The number of amides is 1. The molecule has 0 unspecified atom stereocenters. The number of carbonyl (C=O) groups is 1. The van der Waals surface area contributed by atoms with Crippen molar-refractivity contribution in [1.29, 1.82) is 0 Å². The average Bonchev–Trinajstić information content (AvgIpc) is 2.84. The van der Waals surface area contributed by atoms with E-state index in [2.05, 4.69) is 20.9 Å². The standard InChI is InChI=1S/C9H7BrN2O3S/c1-12(9(13)14)8-11-6(7(10)16-8)5-3-2-4-15-5/h2-4H,1H3,(H,13,14). The molecule has 84 valence electrons. The molecular weight excluding hydrogens is 296 g/mol. The van der Waals surface area contributed by atoms with Crippen molar-refractivity contribution in [3.8, 4) is 11.5 Å². The fourth-order valence-electron chi connectivity index (χ4n) is 1.08. The molecule has 0 saturated carbocycles. The Hall–Kier alpha value is -1.34. The van der Waals surface area contributed by atoms with Gasteiger partial charge in [-0.15, -0.1) is 0 Å². The van der Waals surface area contributed by atoms with Crippen molar-refractivity contribution in [3.05, 3.63) is 22.2 Å². The van der Waals surface area contributed by atoms with Crippen LogP contribution in [-0.2, 0) is 0 Å². The molecular formula is C9H7BrN2O3S. The Morgan fingerprint density at radius 1 is 1.69 bits per heavy atom. The lowest BCUT2D eigenvalue weighted by atomic mass is 10.4. The number of hydrogen-bond donors (Lipinski definition) is 1. The molecule has 16 heavy (non-hydrogen) atoms. The molecule has 0 aliphatic rings. The Labute approximate surface area is 103 Å². The van der Waals surface area contributed by atoms with Gasteiger partial charge in [0.15, 0.2) is 10.9 Å². The van der Waals surface area contributed by atoms with Crippen LogP contribution in [0.3, 0.4) is 0 Å². The molecule has 0 aliphatic heterocycles. The molecule has 0 atom stereocenters. The van der Waals surface area contributed by atoms with E-state index < -0.39 is 6.09 Å². The molecule has 2 aromatic rings. The molecule has 2 aromatic heterocycles. The number of halogens is 1. The van der Waals surface area contributed by atoms with Gasteiger partial charge in [-0.25, -0.2) is 9.78 Å². The first kappa shape index (κ1) is 11.2. The van der Waals surface area contributed by atoms with Crippen LogP contribution in [0.1, 0.15) is 0 Å². The van der Waals surface area contributed by atoms with Crippen LogP contribution in [-0.4, -0.2) is 23.2 Å². The van der Waals surface area contributed by atoms with Gasteiger partial charge in [-0.3, -0.25) is 4.90 Å². The Balaban J connectivity index is 2.40. The Morgan fingerprint density at radius 2 is 2.44 bits per heavy atom. The first-order valence-corrected chi connectivity index (χ1v) is 5.87. The second-order valence-corrected chi connectivity index (χ2v) is 5.23. The predicted molar refractivity (Wildman–Crippen MR) is 63.9 cm³/mol. The van der Waals surface area contributed by atoms with Crippen molar-refractivity contribution in [3.63, 3.8) is 0 Å². The van der Waals surface area contributed by atoms with Crippen LogP contribution in [0.5, 0.6) is 0 Å². The van der Waals surface area contributed by atoms with Gasteiger partial charge in [-0.2, -0.15) is 0 Å². The number of hydrogen-bond acceptors (Lipinski definition) is 4. The van der Waals surface area contributed by atoms with Gasteiger partial charge in [0.25, 0.3) is 0 Å². The zero-order valence-electron chi connectivity index (χ0n) is 8.18. The quantitative estimate of drug-likeness (QED) is 0.924. The maximum Gasteiger partial charge on any atom is 0.413 e. The van der Waals surface area contributed by atoms with E-state index in [1.165, 1.54) is 18.4 Å². The highest BCUT2D eigenvalue weighted by atomic mass is 79.9. The monoisotopic (exact) mass is 302 g/mol. The normalized spacial score (nSPS) is 10.4. The Bertz CT molecular complexity index is 509. The van der Waals surface area contributed by atoms with Crippen LogP contribution in [0.4, 0.5) is 9.93 Å². The van der Waals surface area contributed by atoms with Crippen LogP contribution in [0.15, 0.2) is 26.6 Å². The van der Waals surface area contributed by atoms with Crippen molar-refractivity contribution in [2.75, 3.05) is 11.9 Å². The van der Waals surface area contributed by atoms with Gasteiger partial charge in [-0.1, -0.05) is 11.3 Å². The summed E-state index contributed by atoms with van der Waals surface area (Å²) in [6.45, 7) is 0. The maximum absolute atomic E-state index is 10.8. The zero-order chi connectivity index (χ0) is 11.7. The summed E-state index contributed by atoms with van der Waals surface area (Å²) in [5.74, 6) is 0.605. The van der Waals surface area contributed by atoms with Gasteiger partial charge in [0.1, 0.15) is 9.48 Å². The number of aromatic nitrogens is 1. The molecule has 0 spiro atoms. The van der Waals surface area contributed by atoms with E-state index >= 15 is 0 Å². The van der Waals surface area contributed by atoms with Crippen molar-refractivity contribution >= 4 is 38.5 Å². The minimum atomic E-state index is -1.05. The molecule has 1 amide bonds. The van der Waals surface area contributed by atoms with Crippen molar-refractivity contribution in [2.24, 2.45) is 0 Å². The third kappa shape index (κ3) is 1.96. The van der Waals surface area contributed by atoms with Crippen LogP contribution in [0, 0.1) is 0 Å². The number of rotatable bonds is 2. The van der Waals surface area contributed by atoms with Gasteiger partial charge in [-0.05, 0) is 28.1 Å². The fourth-order valence-corrected chi connectivity index (χ4v) is 2.55. The topological polar surface area (TPSA) is 66.6 Å². The number of nitrogens with zero attached hydrogens (tertiary/aromatic N) is 2. The van der Waals surface area contributed by atoms with Gasteiger partial charge >= 0.3 is 6.09 Å². The van der Waals surface area contributed by atoms with Crippen molar-refractivity contribution < 1.29 is 14.3 Å². The summed E-state index contributed by atoms with van der Waals surface area (Å²) in [6.07, 6.45) is 0.495. The number of furan rings is 1. The molecule has 7 heteroatoms. The van der Waals surface area contributed by atoms with Gasteiger partial charge in [0.05, 0.1) is 6.26 Å². The second kappa shape index (κ2) is 4.26. The molecule has 2 heterocycles. The van der Waals surface area contributed by atoms with Crippen LogP contribution >= 0.6 is 27.3 Å². The molecule has 2 rings (SSSR count). The summed E-state index contributed by atoms with van der Waals surface area (Å²) in [5.41, 5.74) is 0.609. The van der Waals surface area contributed by atoms with E-state index in [9.17, 15) is 4.79 Å². The lowest BCUT2D eigenvalue weighted by Crippen LogP contribution is -2.23. The molecule has 0 aromatic carbocycles. The maximum atomic E-state index is 10.8. The third-order valence-electron chi connectivity index (χ3n) is 1.90. The Morgan fingerprint density at radius 3 is 3.00 bits per heavy atom.